The Hall–Kier alpha value is -0.410. The van der Waals surface area contributed by atoms with E-state index in [4.69, 9.17) is 5.11 Å². The van der Waals surface area contributed by atoms with Crippen LogP contribution in [0.3, 0.4) is 0 Å². The standard InChI is InChI=1S/C6H11NO2/c8-3-5-1-6(4-9)7-2-5/h4-8H,1-3H2. The molecule has 0 bridgehead atoms. The molecular weight excluding hydrogens is 118 g/mol. The van der Waals surface area contributed by atoms with Crippen LogP contribution in [0.15, 0.2) is 0 Å². The summed E-state index contributed by atoms with van der Waals surface area (Å²) in [7, 11) is 0. The molecule has 1 aliphatic heterocycles. The number of carbonyl (C=O) groups is 1. The predicted molar refractivity (Wildman–Crippen MR) is 33.0 cm³/mol. The van der Waals surface area contributed by atoms with Gasteiger partial charge in [0.2, 0.25) is 0 Å². The summed E-state index contributed by atoms with van der Waals surface area (Å²) in [6.45, 7) is 0.969. The Morgan fingerprint density at radius 1 is 1.78 bits per heavy atom. The summed E-state index contributed by atoms with van der Waals surface area (Å²) >= 11 is 0. The minimum absolute atomic E-state index is 0.0119. The van der Waals surface area contributed by atoms with Crippen molar-refractivity contribution >= 4 is 6.29 Å². The molecule has 0 aromatic carbocycles. The monoisotopic (exact) mass is 129 g/mol. The molecule has 2 atom stereocenters. The zero-order chi connectivity index (χ0) is 6.69. The number of hydrogen-bond donors (Lipinski definition) is 2. The molecule has 1 saturated heterocycles. The number of aldehydes is 1. The van der Waals surface area contributed by atoms with Crippen LogP contribution in [0.5, 0.6) is 0 Å². The van der Waals surface area contributed by atoms with Crippen molar-refractivity contribution in [3.8, 4) is 0 Å². The molecule has 1 rings (SSSR count). The Bertz CT molecular complexity index is 105. The van der Waals surface area contributed by atoms with Crippen molar-refractivity contribution in [2.45, 2.75) is 12.5 Å². The van der Waals surface area contributed by atoms with E-state index < -0.39 is 0 Å². The normalized spacial score (nSPS) is 34.8. The second kappa shape index (κ2) is 2.94. The maximum absolute atomic E-state index is 10.1. The highest BCUT2D eigenvalue weighted by molar-refractivity contribution is 5.58. The third-order valence-corrected chi connectivity index (χ3v) is 1.68. The summed E-state index contributed by atoms with van der Waals surface area (Å²) in [6.07, 6.45) is 1.69. The van der Waals surface area contributed by atoms with Crippen molar-refractivity contribution in [1.82, 2.24) is 5.32 Å². The highest BCUT2D eigenvalue weighted by Crippen LogP contribution is 2.10. The second-order valence-electron chi connectivity index (χ2n) is 2.44. The van der Waals surface area contributed by atoms with Gasteiger partial charge in [-0.15, -0.1) is 0 Å². The SMILES string of the molecule is O=CC1CC(CO)CN1. The van der Waals surface area contributed by atoms with E-state index in [1.165, 1.54) is 0 Å². The predicted octanol–water partition coefficient (Wildman–Crippen LogP) is -0.844. The van der Waals surface area contributed by atoms with Crippen molar-refractivity contribution < 1.29 is 9.90 Å². The summed E-state index contributed by atoms with van der Waals surface area (Å²) in [5.74, 6) is 0.292. The molecule has 3 heteroatoms. The van der Waals surface area contributed by atoms with E-state index in [0.717, 1.165) is 19.3 Å². The lowest BCUT2D eigenvalue weighted by Crippen LogP contribution is -2.22. The van der Waals surface area contributed by atoms with Gasteiger partial charge in [-0.25, -0.2) is 0 Å². The highest BCUT2D eigenvalue weighted by Gasteiger charge is 2.21. The lowest BCUT2D eigenvalue weighted by Gasteiger charge is -1.99. The van der Waals surface area contributed by atoms with Crippen LogP contribution < -0.4 is 5.32 Å². The van der Waals surface area contributed by atoms with Crippen molar-refractivity contribution in [2.24, 2.45) is 5.92 Å². The fourth-order valence-electron chi connectivity index (χ4n) is 1.09. The first-order valence-corrected chi connectivity index (χ1v) is 3.16. The number of aliphatic hydroxyl groups is 1. The first-order valence-electron chi connectivity index (χ1n) is 3.16. The first kappa shape index (κ1) is 6.71. The van der Waals surface area contributed by atoms with E-state index in [-0.39, 0.29) is 12.6 Å². The molecule has 0 aromatic rings. The van der Waals surface area contributed by atoms with Gasteiger partial charge in [0, 0.05) is 13.2 Å². The van der Waals surface area contributed by atoms with Crippen molar-refractivity contribution in [3.05, 3.63) is 0 Å². The lowest BCUT2D eigenvalue weighted by atomic mass is 10.1. The van der Waals surface area contributed by atoms with Crippen LogP contribution in [-0.4, -0.2) is 30.6 Å². The van der Waals surface area contributed by atoms with E-state index in [1.54, 1.807) is 0 Å². The van der Waals surface area contributed by atoms with Crippen LogP contribution in [0, 0.1) is 5.92 Å². The van der Waals surface area contributed by atoms with Crippen LogP contribution in [0.25, 0.3) is 0 Å². The maximum Gasteiger partial charge on any atom is 0.136 e. The highest BCUT2D eigenvalue weighted by atomic mass is 16.3. The molecule has 2 N–H and O–H groups in total. The topological polar surface area (TPSA) is 49.3 Å². The average molecular weight is 129 g/mol. The van der Waals surface area contributed by atoms with Gasteiger partial charge in [0.1, 0.15) is 6.29 Å². The summed E-state index contributed by atoms with van der Waals surface area (Å²) in [6, 6.07) is -0.0119. The minimum atomic E-state index is -0.0119. The molecule has 1 heterocycles. The zero-order valence-electron chi connectivity index (χ0n) is 5.21. The summed E-state index contributed by atoms with van der Waals surface area (Å²) in [5.41, 5.74) is 0. The number of aliphatic hydroxyl groups excluding tert-OH is 1. The van der Waals surface area contributed by atoms with Gasteiger partial charge >= 0.3 is 0 Å². The van der Waals surface area contributed by atoms with Gasteiger partial charge < -0.3 is 15.2 Å². The van der Waals surface area contributed by atoms with E-state index in [0.29, 0.717) is 5.92 Å². The fourth-order valence-corrected chi connectivity index (χ4v) is 1.09. The summed E-state index contributed by atoms with van der Waals surface area (Å²) < 4.78 is 0. The smallest absolute Gasteiger partial charge is 0.136 e. The Morgan fingerprint density at radius 2 is 2.56 bits per heavy atom. The van der Waals surface area contributed by atoms with Gasteiger partial charge in [0.15, 0.2) is 0 Å². The fraction of sp³-hybridized carbons (Fsp3) is 0.833. The molecule has 0 aliphatic carbocycles. The molecular formula is C6H11NO2. The van der Waals surface area contributed by atoms with Crippen LogP contribution in [0.1, 0.15) is 6.42 Å². The molecule has 52 valence electrons. The Labute approximate surface area is 54.1 Å². The van der Waals surface area contributed by atoms with Gasteiger partial charge in [-0.1, -0.05) is 0 Å². The van der Waals surface area contributed by atoms with Gasteiger partial charge in [-0.05, 0) is 12.3 Å². The lowest BCUT2D eigenvalue weighted by molar-refractivity contribution is -0.109. The van der Waals surface area contributed by atoms with Crippen LogP contribution in [-0.2, 0) is 4.79 Å². The van der Waals surface area contributed by atoms with E-state index in [2.05, 4.69) is 5.32 Å². The molecule has 0 aromatic heterocycles. The maximum atomic E-state index is 10.1. The summed E-state index contributed by atoms with van der Waals surface area (Å²) in [4.78, 5) is 10.1. The van der Waals surface area contributed by atoms with Crippen molar-refractivity contribution in [2.75, 3.05) is 13.2 Å². The van der Waals surface area contributed by atoms with E-state index in [1.807, 2.05) is 0 Å². The van der Waals surface area contributed by atoms with Crippen LogP contribution in [0.4, 0.5) is 0 Å². The molecule has 2 unspecified atom stereocenters. The molecule has 0 spiro atoms. The number of carbonyl (C=O) groups excluding carboxylic acids is 1. The molecule has 1 aliphatic rings. The third kappa shape index (κ3) is 1.50. The average Bonchev–Trinajstić information content (AvgIpc) is 2.34. The number of nitrogens with one attached hydrogen (secondary N) is 1. The largest absolute Gasteiger partial charge is 0.396 e. The zero-order valence-corrected chi connectivity index (χ0v) is 5.21. The third-order valence-electron chi connectivity index (χ3n) is 1.68. The molecule has 3 nitrogen and oxygen atoms in total. The van der Waals surface area contributed by atoms with Crippen molar-refractivity contribution in [3.63, 3.8) is 0 Å². The minimum Gasteiger partial charge on any atom is -0.396 e. The van der Waals surface area contributed by atoms with E-state index >= 15 is 0 Å². The molecule has 0 radical (unpaired) electrons. The molecule has 1 fully saturated rings. The van der Waals surface area contributed by atoms with Crippen LogP contribution >= 0.6 is 0 Å². The summed E-state index contributed by atoms with van der Waals surface area (Å²) in [5, 5.41) is 11.6. The van der Waals surface area contributed by atoms with Gasteiger partial charge in [0.25, 0.3) is 0 Å². The molecule has 0 saturated carbocycles. The second-order valence-corrected chi connectivity index (χ2v) is 2.44. The Balaban J connectivity index is 2.28. The van der Waals surface area contributed by atoms with Gasteiger partial charge in [-0.3, -0.25) is 0 Å². The van der Waals surface area contributed by atoms with Gasteiger partial charge in [-0.2, -0.15) is 0 Å². The van der Waals surface area contributed by atoms with E-state index in [9.17, 15) is 4.79 Å². The van der Waals surface area contributed by atoms with Crippen molar-refractivity contribution in [1.29, 1.82) is 0 Å². The molecule has 0 amide bonds. The molecule has 9 heavy (non-hydrogen) atoms. The Morgan fingerprint density at radius 3 is 2.89 bits per heavy atom. The Kier molecular flexibility index (Phi) is 2.19. The number of hydrogen-bond acceptors (Lipinski definition) is 3. The first-order chi connectivity index (χ1) is 4.36. The number of rotatable bonds is 2. The van der Waals surface area contributed by atoms with Crippen LogP contribution in [0.2, 0.25) is 0 Å². The van der Waals surface area contributed by atoms with Gasteiger partial charge in [0.05, 0.1) is 6.04 Å². The quantitative estimate of drug-likeness (QED) is 0.478.